The van der Waals surface area contributed by atoms with Gasteiger partial charge < -0.3 is 20.2 Å². The molecule has 0 fully saturated rings. The summed E-state index contributed by atoms with van der Waals surface area (Å²) in [4.78, 5) is 9.26. The quantitative estimate of drug-likeness (QED) is 0.331. The van der Waals surface area contributed by atoms with E-state index in [0.717, 1.165) is 33.6 Å². The van der Waals surface area contributed by atoms with E-state index in [1.165, 1.54) is 0 Å². The summed E-state index contributed by atoms with van der Waals surface area (Å²) in [5.41, 5.74) is 3.69. The molecule has 4 aromatic rings. The number of H-pyrrole nitrogens is 1. The first kappa shape index (κ1) is 20.9. The van der Waals surface area contributed by atoms with Crippen LogP contribution >= 0.6 is 0 Å². The molecule has 3 heterocycles. The monoisotopic (exact) mass is 420 g/mol. The van der Waals surface area contributed by atoms with Gasteiger partial charge in [0.15, 0.2) is 5.82 Å². The number of anilines is 2. The summed E-state index contributed by atoms with van der Waals surface area (Å²) < 4.78 is 5.45. The van der Waals surface area contributed by atoms with E-state index in [1.54, 1.807) is 20.1 Å². The molecule has 0 saturated carbocycles. The molecule has 0 aliphatic rings. The Balaban J connectivity index is 1.58. The number of furan rings is 1. The van der Waals surface area contributed by atoms with Crippen molar-refractivity contribution < 1.29 is 9.52 Å². The van der Waals surface area contributed by atoms with Crippen LogP contribution in [0.25, 0.3) is 22.4 Å². The minimum Gasteiger partial charge on any atom is -0.464 e. The highest BCUT2D eigenvalue weighted by Crippen LogP contribution is 2.27. The molecule has 0 bridgehead atoms. The number of aliphatic hydroxyl groups is 1. The molecule has 0 radical (unpaired) electrons. The van der Waals surface area contributed by atoms with Crippen LogP contribution in [0, 0.1) is 0 Å². The fourth-order valence-electron chi connectivity index (χ4n) is 3.24. The van der Waals surface area contributed by atoms with Gasteiger partial charge in [-0.15, -0.1) is 0 Å². The first-order valence-electron chi connectivity index (χ1n) is 10.4. The van der Waals surface area contributed by atoms with Gasteiger partial charge in [0, 0.05) is 18.7 Å². The molecule has 3 aromatic heterocycles. The molecule has 0 aliphatic heterocycles. The number of nitrogens with one attached hydrogen (secondary N) is 3. The molecule has 31 heavy (non-hydrogen) atoms. The maximum Gasteiger partial charge on any atom is 0.225 e. The van der Waals surface area contributed by atoms with Crippen molar-refractivity contribution in [1.29, 1.82) is 0 Å². The third-order valence-electron chi connectivity index (χ3n) is 4.89. The van der Waals surface area contributed by atoms with Gasteiger partial charge in [-0.25, -0.2) is 4.98 Å². The summed E-state index contributed by atoms with van der Waals surface area (Å²) in [5.74, 6) is 2.18. The molecule has 8 nitrogen and oxygen atoms in total. The lowest BCUT2D eigenvalue weighted by Crippen LogP contribution is -2.30. The van der Waals surface area contributed by atoms with Crippen molar-refractivity contribution in [1.82, 2.24) is 20.2 Å². The molecular weight excluding hydrogens is 392 g/mol. The van der Waals surface area contributed by atoms with Crippen molar-refractivity contribution >= 4 is 22.8 Å². The number of aromatic nitrogens is 4. The predicted molar refractivity (Wildman–Crippen MR) is 122 cm³/mol. The lowest BCUT2D eigenvalue weighted by atomic mass is 10.1. The van der Waals surface area contributed by atoms with E-state index in [4.69, 9.17) is 4.42 Å². The van der Waals surface area contributed by atoms with Crippen molar-refractivity contribution in [2.75, 3.05) is 17.2 Å². The molecular formula is C23H28N6O2. The summed E-state index contributed by atoms with van der Waals surface area (Å²) in [6.45, 7) is 8.56. The number of hydrogen-bond acceptors (Lipinski definition) is 7. The second-order valence-electron chi connectivity index (χ2n) is 8.58. The average Bonchev–Trinajstić information content (AvgIpc) is 3.40. The van der Waals surface area contributed by atoms with Gasteiger partial charge >= 0.3 is 0 Å². The first-order chi connectivity index (χ1) is 14.8. The number of fused-ring (bicyclic) bond motifs is 1. The molecule has 0 unspecified atom stereocenters. The van der Waals surface area contributed by atoms with Crippen LogP contribution in [0.5, 0.6) is 0 Å². The lowest BCUT2D eigenvalue weighted by Gasteiger charge is -2.18. The molecule has 0 atom stereocenters. The van der Waals surface area contributed by atoms with Gasteiger partial charge in [0.25, 0.3) is 0 Å². The highest BCUT2D eigenvalue weighted by atomic mass is 16.3. The Kier molecular flexibility index (Phi) is 5.65. The van der Waals surface area contributed by atoms with Gasteiger partial charge in [0.2, 0.25) is 5.95 Å². The maximum atomic E-state index is 10.0. The smallest absolute Gasteiger partial charge is 0.225 e. The zero-order valence-electron chi connectivity index (χ0n) is 18.2. The normalized spacial score (nSPS) is 11.9. The number of rotatable bonds is 8. The Morgan fingerprint density at radius 1 is 1.10 bits per heavy atom. The van der Waals surface area contributed by atoms with Crippen molar-refractivity contribution in [3.05, 3.63) is 53.9 Å². The van der Waals surface area contributed by atoms with Crippen LogP contribution in [0.2, 0.25) is 0 Å². The summed E-state index contributed by atoms with van der Waals surface area (Å²) in [6.07, 6.45) is 1.67. The molecule has 8 heteroatoms. The van der Waals surface area contributed by atoms with Crippen molar-refractivity contribution in [3.63, 3.8) is 0 Å². The number of aromatic amines is 1. The van der Waals surface area contributed by atoms with Crippen LogP contribution < -0.4 is 10.6 Å². The van der Waals surface area contributed by atoms with Gasteiger partial charge in [-0.2, -0.15) is 10.1 Å². The van der Waals surface area contributed by atoms with E-state index < -0.39 is 5.60 Å². The average molecular weight is 421 g/mol. The highest BCUT2D eigenvalue weighted by molar-refractivity contribution is 5.88. The third-order valence-corrected chi connectivity index (χ3v) is 4.89. The molecule has 0 saturated heterocycles. The minimum absolute atomic E-state index is 0.216. The number of benzene rings is 1. The Labute approximate surface area is 181 Å². The summed E-state index contributed by atoms with van der Waals surface area (Å²) in [7, 11) is 0. The largest absolute Gasteiger partial charge is 0.464 e. The fourth-order valence-corrected chi connectivity index (χ4v) is 3.24. The van der Waals surface area contributed by atoms with Gasteiger partial charge in [0.1, 0.15) is 16.8 Å². The fraction of sp³-hybridized carbons (Fsp3) is 0.348. The maximum absolute atomic E-state index is 10.0. The molecule has 0 amide bonds. The molecule has 0 spiro atoms. The van der Waals surface area contributed by atoms with Crippen molar-refractivity contribution in [2.24, 2.45) is 0 Å². The van der Waals surface area contributed by atoms with Crippen LogP contribution in [-0.4, -0.2) is 37.4 Å². The van der Waals surface area contributed by atoms with Crippen LogP contribution in [0.4, 0.5) is 11.8 Å². The van der Waals surface area contributed by atoms with Gasteiger partial charge in [-0.3, -0.25) is 5.10 Å². The molecule has 4 rings (SSSR count). The SMILES string of the molecule is CC(C)c1n[nH]c2c(NCc3ccc(-c4ccco4)cc3)nc(NCC(C)(C)O)nc12. The Morgan fingerprint density at radius 3 is 2.52 bits per heavy atom. The van der Waals surface area contributed by atoms with E-state index in [-0.39, 0.29) is 5.92 Å². The molecule has 1 aromatic carbocycles. The minimum atomic E-state index is -0.876. The standard InChI is InChI=1S/C23H28N6O2/c1-14(2)18-19-20(29-28-18)21(27-22(26-19)25-13-23(3,4)30)24-12-15-7-9-16(10-8-15)17-6-5-11-31-17/h5-11,14,30H,12-13H2,1-4H3,(H,28,29)(H2,24,25,26,27). The summed E-state index contributed by atoms with van der Waals surface area (Å²) >= 11 is 0. The van der Waals surface area contributed by atoms with Crippen LogP contribution in [0.1, 0.15) is 44.9 Å². The third kappa shape index (κ3) is 4.86. The van der Waals surface area contributed by atoms with Crippen LogP contribution in [0.3, 0.4) is 0 Å². The second kappa shape index (κ2) is 8.39. The van der Waals surface area contributed by atoms with Crippen molar-refractivity contribution in [3.8, 4) is 11.3 Å². The van der Waals surface area contributed by atoms with Crippen molar-refractivity contribution in [2.45, 2.75) is 45.8 Å². The Bertz CT molecular complexity index is 1140. The molecule has 0 aliphatic carbocycles. The van der Waals surface area contributed by atoms with Crippen LogP contribution in [0.15, 0.2) is 47.1 Å². The zero-order chi connectivity index (χ0) is 22.0. The molecule has 162 valence electrons. The first-order valence-corrected chi connectivity index (χ1v) is 10.4. The lowest BCUT2D eigenvalue weighted by molar-refractivity contribution is 0.0943. The van der Waals surface area contributed by atoms with E-state index in [1.807, 2.05) is 24.3 Å². The zero-order valence-corrected chi connectivity index (χ0v) is 18.2. The number of hydrogen-bond donors (Lipinski definition) is 4. The van der Waals surface area contributed by atoms with E-state index >= 15 is 0 Å². The number of nitrogens with zero attached hydrogens (tertiary/aromatic N) is 3. The Hall–Kier alpha value is -3.39. The van der Waals surface area contributed by atoms with Gasteiger partial charge in [-0.05, 0) is 37.5 Å². The predicted octanol–water partition coefficient (Wildman–Crippen LogP) is 4.53. The second-order valence-corrected chi connectivity index (χ2v) is 8.58. The molecule has 4 N–H and O–H groups in total. The van der Waals surface area contributed by atoms with Crippen LogP contribution in [-0.2, 0) is 6.54 Å². The highest BCUT2D eigenvalue weighted by Gasteiger charge is 2.18. The van der Waals surface area contributed by atoms with Gasteiger partial charge in [0.05, 0.1) is 17.6 Å². The van der Waals surface area contributed by atoms with E-state index in [2.05, 4.69) is 56.8 Å². The van der Waals surface area contributed by atoms with E-state index in [0.29, 0.717) is 24.9 Å². The summed E-state index contributed by atoms with van der Waals surface area (Å²) in [6, 6.07) is 12.0. The summed E-state index contributed by atoms with van der Waals surface area (Å²) in [5, 5.41) is 24.1. The Morgan fingerprint density at radius 2 is 1.87 bits per heavy atom. The van der Waals surface area contributed by atoms with Gasteiger partial charge in [-0.1, -0.05) is 38.1 Å². The van der Waals surface area contributed by atoms with E-state index in [9.17, 15) is 5.11 Å². The topological polar surface area (TPSA) is 112 Å².